The molecule has 3 aliphatic rings. The number of esters is 3. The Kier molecular flexibility index (Phi) is 6.40. The van der Waals surface area contributed by atoms with Gasteiger partial charge in [0, 0.05) is 12.8 Å². The number of fused-ring (bicyclic) bond motifs is 1. The third-order valence-electron chi connectivity index (χ3n) is 7.06. The highest BCUT2D eigenvalue weighted by molar-refractivity contribution is 6.05. The maximum atomic E-state index is 13.8. The monoisotopic (exact) mass is 478 g/mol. The Hall–Kier alpha value is -2.82. The van der Waals surface area contributed by atoms with Crippen LogP contribution in [0.1, 0.15) is 46.5 Å². The van der Waals surface area contributed by atoms with E-state index in [4.69, 9.17) is 18.9 Å². The molecule has 186 valence electrons. The van der Waals surface area contributed by atoms with Crippen molar-refractivity contribution >= 4 is 23.7 Å². The minimum atomic E-state index is -2.30. The van der Waals surface area contributed by atoms with E-state index in [0.29, 0.717) is 0 Å². The molecule has 1 spiro atoms. The summed E-state index contributed by atoms with van der Waals surface area (Å²) in [6.07, 6.45) is -0.558. The van der Waals surface area contributed by atoms with Gasteiger partial charge in [0.2, 0.25) is 0 Å². The van der Waals surface area contributed by atoms with E-state index in [2.05, 4.69) is 13.2 Å². The normalized spacial score (nSPS) is 38.3. The minimum absolute atomic E-state index is 0.0649. The summed E-state index contributed by atoms with van der Waals surface area (Å²) >= 11 is 0. The Bertz CT molecular complexity index is 1010. The summed E-state index contributed by atoms with van der Waals surface area (Å²) in [5.74, 6) is -3.51. The maximum Gasteiger partial charge on any atom is 0.337 e. The van der Waals surface area contributed by atoms with E-state index in [-0.39, 0.29) is 30.4 Å². The van der Waals surface area contributed by atoms with Gasteiger partial charge in [-0.1, -0.05) is 19.2 Å². The Morgan fingerprint density at radius 3 is 2.41 bits per heavy atom. The van der Waals surface area contributed by atoms with Gasteiger partial charge in [-0.05, 0) is 33.6 Å². The average Bonchev–Trinajstić information content (AvgIpc) is 2.99. The highest BCUT2D eigenvalue weighted by atomic mass is 16.6. The molecule has 10 nitrogen and oxygen atoms in total. The summed E-state index contributed by atoms with van der Waals surface area (Å²) in [4.78, 5) is 52.0. The number of carbonyl (C=O) groups excluding carboxylic acids is 4. The van der Waals surface area contributed by atoms with Gasteiger partial charge in [-0.15, -0.1) is 0 Å². The molecule has 3 aliphatic heterocycles. The lowest BCUT2D eigenvalue weighted by molar-refractivity contribution is -0.271. The highest BCUT2D eigenvalue weighted by Gasteiger charge is 2.74. The molecule has 10 heteroatoms. The van der Waals surface area contributed by atoms with Gasteiger partial charge >= 0.3 is 17.9 Å². The van der Waals surface area contributed by atoms with Crippen LogP contribution in [0.15, 0.2) is 36.0 Å². The number of methoxy groups -OCH3 is 1. The molecule has 3 heterocycles. The van der Waals surface area contributed by atoms with Crippen LogP contribution in [0.5, 0.6) is 0 Å². The Morgan fingerprint density at radius 2 is 1.85 bits per heavy atom. The van der Waals surface area contributed by atoms with Gasteiger partial charge in [0.25, 0.3) is 0 Å². The second-order valence-electron chi connectivity index (χ2n) is 9.41. The van der Waals surface area contributed by atoms with Crippen LogP contribution in [-0.2, 0) is 38.1 Å². The van der Waals surface area contributed by atoms with E-state index in [0.717, 1.165) is 7.11 Å². The molecule has 34 heavy (non-hydrogen) atoms. The molecule has 3 rings (SSSR count). The van der Waals surface area contributed by atoms with Crippen molar-refractivity contribution in [2.45, 2.75) is 75.0 Å². The largest absolute Gasteiger partial charge is 0.466 e. The lowest BCUT2D eigenvalue weighted by Gasteiger charge is -2.57. The Morgan fingerprint density at radius 1 is 1.21 bits per heavy atom. The molecule has 0 aromatic heterocycles. The van der Waals surface area contributed by atoms with E-state index in [1.54, 1.807) is 13.8 Å². The highest BCUT2D eigenvalue weighted by Crippen LogP contribution is 2.59. The first-order chi connectivity index (χ1) is 15.7. The number of hydrogen-bond donors (Lipinski definition) is 2. The molecule has 0 amide bonds. The second kappa shape index (κ2) is 8.44. The molecule has 3 fully saturated rings. The number of allylic oxidation sites excluding steroid dienone is 1. The zero-order chi connectivity index (χ0) is 25.7. The van der Waals surface area contributed by atoms with Crippen molar-refractivity contribution in [3.8, 4) is 0 Å². The summed E-state index contributed by atoms with van der Waals surface area (Å²) in [6.45, 7) is 11.1. The van der Waals surface area contributed by atoms with Crippen molar-refractivity contribution in [3.63, 3.8) is 0 Å². The van der Waals surface area contributed by atoms with E-state index < -0.39 is 70.8 Å². The number of aliphatic hydroxyl groups is 2. The first-order valence-electron chi connectivity index (χ1n) is 10.9. The van der Waals surface area contributed by atoms with Crippen LogP contribution in [0, 0.1) is 0 Å². The number of ketones is 1. The molecular weight excluding hydrogens is 448 g/mol. The van der Waals surface area contributed by atoms with E-state index >= 15 is 0 Å². The quantitative estimate of drug-likeness (QED) is 0.331. The molecule has 3 saturated heterocycles. The Balaban J connectivity index is 2.32. The van der Waals surface area contributed by atoms with Crippen molar-refractivity contribution in [3.05, 3.63) is 36.0 Å². The lowest BCUT2D eigenvalue weighted by Crippen LogP contribution is -2.72. The standard InChI is InChI=1S/C24H30O10/c1-7-15-20(29)33-22(5)11-17(32-18(27)13(2)12-25)24(14(3)19(28)31-6)16(26)10-21(4,30)8-9-23(15,22)34-24/h7,17,25,30H,2-3,8-12H2,1,4-6H3/b15-7-/t17-,21+,22+,23+,24-/m0/s1. The Labute approximate surface area is 197 Å². The third kappa shape index (κ3) is 3.60. The van der Waals surface area contributed by atoms with Crippen LogP contribution < -0.4 is 0 Å². The fourth-order valence-corrected chi connectivity index (χ4v) is 5.15. The third-order valence-corrected chi connectivity index (χ3v) is 7.06. The molecule has 0 aliphatic carbocycles. The molecule has 0 saturated carbocycles. The van der Waals surface area contributed by atoms with Crippen molar-refractivity contribution in [1.82, 2.24) is 0 Å². The van der Waals surface area contributed by atoms with Gasteiger partial charge in [0.05, 0.1) is 36.0 Å². The predicted molar refractivity (Wildman–Crippen MR) is 116 cm³/mol. The number of ether oxygens (including phenoxy) is 4. The molecule has 2 bridgehead atoms. The molecule has 0 aromatic rings. The smallest absolute Gasteiger partial charge is 0.337 e. The zero-order valence-electron chi connectivity index (χ0n) is 19.8. The summed E-state index contributed by atoms with van der Waals surface area (Å²) in [5, 5.41) is 20.3. The topological polar surface area (TPSA) is 146 Å². The van der Waals surface area contributed by atoms with Gasteiger partial charge in [-0.3, -0.25) is 4.79 Å². The number of Topliss-reactive ketones (excluding diaryl/α,β-unsaturated/α-hetero) is 1. The number of carbonyl (C=O) groups is 4. The van der Waals surface area contributed by atoms with E-state index in [1.165, 1.54) is 13.0 Å². The van der Waals surface area contributed by atoms with Crippen LogP contribution in [-0.4, -0.2) is 76.1 Å². The van der Waals surface area contributed by atoms with Gasteiger partial charge in [0.1, 0.15) is 17.3 Å². The molecule has 2 N–H and O–H groups in total. The first kappa shape index (κ1) is 25.8. The maximum absolute atomic E-state index is 13.8. The fraction of sp³-hybridized carbons (Fsp3) is 0.583. The molecular formula is C24H30O10. The average molecular weight is 478 g/mol. The zero-order valence-corrected chi connectivity index (χ0v) is 19.8. The van der Waals surface area contributed by atoms with Gasteiger partial charge in [0.15, 0.2) is 11.4 Å². The van der Waals surface area contributed by atoms with Crippen LogP contribution >= 0.6 is 0 Å². The predicted octanol–water partition coefficient (Wildman–Crippen LogP) is 0.840. The summed E-state index contributed by atoms with van der Waals surface area (Å²) in [6, 6.07) is 0. The van der Waals surface area contributed by atoms with Gasteiger partial charge in [-0.2, -0.15) is 0 Å². The van der Waals surface area contributed by atoms with Crippen LogP contribution in [0.2, 0.25) is 0 Å². The summed E-state index contributed by atoms with van der Waals surface area (Å²) < 4.78 is 22.5. The minimum Gasteiger partial charge on any atom is -0.466 e. The first-order valence-corrected chi connectivity index (χ1v) is 10.9. The molecule has 0 radical (unpaired) electrons. The van der Waals surface area contributed by atoms with Crippen molar-refractivity contribution < 1.29 is 48.3 Å². The van der Waals surface area contributed by atoms with Crippen LogP contribution in [0.3, 0.4) is 0 Å². The van der Waals surface area contributed by atoms with Crippen molar-refractivity contribution in [1.29, 1.82) is 0 Å². The van der Waals surface area contributed by atoms with Gasteiger partial charge < -0.3 is 29.2 Å². The SMILES string of the molecule is C=C(CO)C(=O)O[C@H]1C[C@@]2(C)OC(=O)/C(=C/C)[C@]23CC[C@@](C)(O)CC(=O)[C@]1(C(=C)C(=O)OC)O3. The van der Waals surface area contributed by atoms with E-state index in [9.17, 15) is 29.4 Å². The van der Waals surface area contributed by atoms with E-state index in [1.807, 2.05) is 0 Å². The number of aliphatic hydroxyl groups excluding tert-OH is 1. The summed E-state index contributed by atoms with van der Waals surface area (Å²) in [5.41, 5.74) is -7.47. The second-order valence-corrected chi connectivity index (χ2v) is 9.41. The van der Waals surface area contributed by atoms with Crippen molar-refractivity contribution in [2.75, 3.05) is 13.7 Å². The van der Waals surface area contributed by atoms with Gasteiger partial charge in [-0.25, -0.2) is 14.4 Å². The lowest BCUT2D eigenvalue weighted by atomic mass is 9.63. The van der Waals surface area contributed by atoms with Crippen molar-refractivity contribution in [2.24, 2.45) is 0 Å². The van der Waals surface area contributed by atoms with Crippen LogP contribution in [0.25, 0.3) is 0 Å². The number of rotatable bonds is 5. The van der Waals surface area contributed by atoms with Crippen LogP contribution in [0.4, 0.5) is 0 Å². The fourth-order valence-electron chi connectivity index (χ4n) is 5.15. The molecule has 0 unspecified atom stereocenters. The molecule has 0 aromatic carbocycles. The molecule has 5 atom stereocenters. The summed E-state index contributed by atoms with van der Waals surface area (Å²) in [7, 11) is 1.09. The number of hydrogen-bond acceptors (Lipinski definition) is 10.